The second-order valence-electron chi connectivity index (χ2n) is 5.47. The van der Waals surface area contributed by atoms with Gasteiger partial charge in [-0.05, 0) is 30.0 Å². The van der Waals surface area contributed by atoms with E-state index in [0.717, 1.165) is 16.7 Å². The van der Waals surface area contributed by atoms with E-state index in [2.05, 4.69) is 25.8 Å². The Morgan fingerprint density at radius 3 is 2.59 bits per heavy atom. The highest BCUT2D eigenvalue weighted by Gasteiger charge is 2.27. The van der Waals surface area contributed by atoms with Crippen LogP contribution in [0.3, 0.4) is 0 Å². The van der Waals surface area contributed by atoms with Crippen molar-refractivity contribution in [3.8, 4) is 0 Å². The van der Waals surface area contributed by atoms with Gasteiger partial charge in [-0.1, -0.05) is 32.4 Å². The van der Waals surface area contributed by atoms with Gasteiger partial charge in [-0.2, -0.15) is 0 Å². The highest BCUT2D eigenvalue weighted by Crippen LogP contribution is 2.33. The van der Waals surface area contributed by atoms with Crippen LogP contribution in [0.5, 0.6) is 0 Å². The standard InChI is InChI=1S/C13H17ClN2O/c1-7-5-8(14)6-9-10(7)17-12(16-9)11(15)13(2,3)4/h5-6,11H,15H2,1-4H3. The van der Waals surface area contributed by atoms with Crippen LogP contribution in [0.1, 0.15) is 38.3 Å². The number of benzene rings is 1. The number of nitrogens with zero attached hydrogens (tertiary/aromatic N) is 1. The van der Waals surface area contributed by atoms with Gasteiger partial charge in [-0.25, -0.2) is 4.98 Å². The van der Waals surface area contributed by atoms with Gasteiger partial charge in [-0.15, -0.1) is 0 Å². The van der Waals surface area contributed by atoms with Crippen LogP contribution >= 0.6 is 11.6 Å². The summed E-state index contributed by atoms with van der Waals surface area (Å²) in [5, 5.41) is 0.666. The predicted molar refractivity (Wildman–Crippen MR) is 70.1 cm³/mol. The van der Waals surface area contributed by atoms with Crippen LogP contribution in [-0.4, -0.2) is 4.98 Å². The van der Waals surface area contributed by atoms with Gasteiger partial charge in [0.25, 0.3) is 0 Å². The number of hydrogen-bond donors (Lipinski definition) is 1. The molecule has 0 radical (unpaired) electrons. The molecule has 1 atom stereocenters. The summed E-state index contributed by atoms with van der Waals surface area (Å²) in [6.45, 7) is 8.14. The summed E-state index contributed by atoms with van der Waals surface area (Å²) >= 11 is 5.99. The highest BCUT2D eigenvalue weighted by molar-refractivity contribution is 6.31. The minimum absolute atomic E-state index is 0.0847. The van der Waals surface area contributed by atoms with Gasteiger partial charge in [-0.3, -0.25) is 0 Å². The van der Waals surface area contributed by atoms with Crippen molar-refractivity contribution >= 4 is 22.7 Å². The molecule has 3 nitrogen and oxygen atoms in total. The van der Waals surface area contributed by atoms with Crippen LogP contribution in [0.15, 0.2) is 16.5 Å². The second kappa shape index (κ2) is 4.00. The molecule has 2 N–H and O–H groups in total. The van der Waals surface area contributed by atoms with E-state index in [1.54, 1.807) is 6.07 Å². The Bertz CT molecular complexity index is 554. The molecule has 2 aromatic rings. The molecular formula is C13H17ClN2O. The van der Waals surface area contributed by atoms with Crippen molar-refractivity contribution in [2.45, 2.75) is 33.7 Å². The first-order valence-corrected chi connectivity index (χ1v) is 5.99. The van der Waals surface area contributed by atoms with Crippen LogP contribution in [0.25, 0.3) is 11.1 Å². The minimum atomic E-state index is -0.229. The molecule has 1 aromatic carbocycles. The zero-order valence-electron chi connectivity index (χ0n) is 10.5. The maximum absolute atomic E-state index is 6.13. The van der Waals surface area contributed by atoms with E-state index in [0.29, 0.717) is 10.9 Å². The lowest BCUT2D eigenvalue weighted by Gasteiger charge is -2.23. The number of fused-ring (bicyclic) bond motifs is 1. The van der Waals surface area contributed by atoms with Crippen LogP contribution in [0, 0.1) is 12.3 Å². The lowest BCUT2D eigenvalue weighted by Crippen LogP contribution is -2.26. The predicted octanol–water partition coefficient (Wildman–Crippen LogP) is 3.84. The lowest BCUT2D eigenvalue weighted by molar-refractivity contribution is 0.282. The molecule has 0 aliphatic rings. The number of halogens is 1. The molecule has 0 bridgehead atoms. The number of nitrogens with two attached hydrogens (primary N) is 1. The van der Waals surface area contributed by atoms with E-state index in [-0.39, 0.29) is 11.5 Å². The molecule has 1 heterocycles. The second-order valence-corrected chi connectivity index (χ2v) is 5.90. The van der Waals surface area contributed by atoms with Crippen molar-refractivity contribution in [3.05, 3.63) is 28.6 Å². The minimum Gasteiger partial charge on any atom is -0.439 e. The molecule has 0 saturated heterocycles. The monoisotopic (exact) mass is 252 g/mol. The maximum Gasteiger partial charge on any atom is 0.212 e. The summed E-state index contributed by atoms with van der Waals surface area (Å²) in [5.41, 5.74) is 8.56. The highest BCUT2D eigenvalue weighted by atomic mass is 35.5. The third kappa shape index (κ3) is 2.31. The molecule has 0 amide bonds. The summed E-state index contributed by atoms with van der Waals surface area (Å²) in [6, 6.07) is 3.43. The van der Waals surface area contributed by atoms with Crippen molar-refractivity contribution in [1.82, 2.24) is 4.98 Å². The molecule has 0 spiro atoms. The molecule has 0 saturated carbocycles. The van der Waals surface area contributed by atoms with Gasteiger partial charge in [0, 0.05) is 5.02 Å². The van der Waals surface area contributed by atoms with Gasteiger partial charge in [0.15, 0.2) is 5.58 Å². The quantitative estimate of drug-likeness (QED) is 0.839. The summed E-state index contributed by atoms with van der Waals surface area (Å²) in [6.07, 6.45) is 0. The van der Waals surface area contributed by atoms with Gasteiger partial charge < -0.3 is 10.2 Å². The first-order valence-electron chi connectivity index (χ1n) is 5.61. The SMILES string of the molecule is Cc1cc(Cl)cc2nc(C(N)C(C)(C)C)oc12. The van der Waals surface area contributed by atoms with Crippen molar-refractivity contribution in [2.75, 3.05) is 0 Å². The fourth-order valence-corrected chi connectivity index (χ4v) is 1.94. The number of rotatable bonds is 1. The smallest absolute Gasteiger partial charge is 0.212 e. The van der Waals surface area contributed by atoms with Gasteiger partial charge >= 0.3 is 0 Å². The van der Waals surface area contributed by atoms with E-state index in [4.69, 9.17) is 21.8 Å². The maximum atomic E-state index is 6.13. The molecule has 0 fully saturated rings. The Balaban J connectivity index is 2.56. The Kier molecular flexibility index (Phi) is 2.92. The van der Waals surface area contributed by atoms with E-state index in [1.165, 1.54) is 0 Å². The molecule has 4 heteroatoms. The van der Waals surface area contributed by atoms with Crippen LogP contribution in [-0.2, 0) is 0 Å². The fraction of sp³-hybridized carbons (Fsp3) is 0.462. The molecule has 17 heavy (non-hydrogen) atoms. The summed E-state index contributed by atoms with van der Waals surface area (Å²) < 4.78 is 5.75. The van der Waals surface area contributed by atoms with Gasteiger partial charge in [0.2, 0.25) is 5.89 Å². The van der Waals surface area contributed by atoms with Crippen molar-refractivity contribution in [3.63, 3.8) is 0 Å². The molecule has 92 valence electrons. The molecule has 0 aliphatic heterocycles. The number of hydrogen-bond acceptors (Lipinski definition) is 3. The topological polar surface area (TPSA) is 52.0 Å². The number of aryl methyl sites for hydroxylation is 1. The zero-order chi connectivity index (χ0) is 12.8. The third-order valence-electron chi connectivity index (χ3n) is 2.86. The van der Waals surface area contributed by atoms with Crippen LogP contribution in [0.2, 0.25) is 5.02 Å². The Morgan fingerprint density at radius 1 is 1.35 bits per heavy atom. The number of aromatic nitrogens is 1. The number of oxazole rings is 1. The normalized spacial score (nSPS) is 14.2. The summed E-state index contributed by atoms with van der Waals surface area (Å²) in [5.74, 6) is 0.567. The zero-order valence-corrected chi connectivity index (χ0v) is 11.3. The van der Waals surface area contributed by atoms with Gasteiger partial charge in [0.1, 0.15) is 5.52 Å². The summed E-state index contributed by atoms with van der Waals surface area (Å²) in [4.78, 5) is 4.42. The molecular weight excluding hydrogens is 236 g/mol. The van der Waals surface area contributed by atoms with E-state index < -0.39 is 0 Å². The molecule has 1 unspecified atom stereocenters. The molecule has 1 aromatic heterocycles. The van der Waals surface area contributed by atoms with E-state index >= 15 is 0 Å². The Hall–Kier alpha value is -1.06. The average Bonchev–Trinajstić information content (AvgIpc) is 2.58. The van der Waals surface area contributed by atoms with Crippen LogP contribution in [0.4, 0.5) is 0 Å². The third-order valence-corrected chi connectivity index (χ3v) is 3.07. The van der Waals surface area contributed by atoms with Crippen molar-refractivity contribution in [1.29, 1.82) is 0 Å². The first kappa shape index (κ1) is 12.4. The Labute approximate surface area is 106 Å². The van der Waals surface area contributed by atoms with E-state index in [9.17, 15) is 0 Å². The Morgan fingerprint density at radius 2 is 2.00 bits per heavy atom. The fourth-order valence-electron chi connectivity index (χ4n) is 1.68. The van der Waals surface area contributed by atoms with Crippen LogP contribution < -0.4 is 5.73 Å². The average molecular weight is 253 g/mol. The first-order chi connectivity index (χ1) is 7.79. The van der Waals surface area contributed by atoms with Crippen molar-refractivity contribution < 1.29 is 4.42 Å². The molecule has 0 aliphatic carbocycles. The lowest BCUT2D eigenvalue weighted by atomic mass is 9.87. The van der Waals surface area contributed by atoms with Gasteiger partial charge in [0.05, 0.1) is 6.04 Å². The largest absolute Gasteiger partial charge is 0.439 e. The van der Waals surface area contributed by atoms with Crippen molar-refractivity contribution in [2.24, 2.45) is 11.1 Å². The van der Waals surface area contributed by atoms with E-state index in [1.807, 2.05) is 13.0 Å². The molecule has 2 rings (SSSR count). The summed E-state index contributed by atoms with van der Waals surface area (Å²) in [7, 11) is 0.